The maximum atomic E-state index is 13.1. The van der Waals surface area contributed by atoms with Crippen molar-refractivity contribution < 1.29 is 32.6 Å². The van der Waals surface area contributed by atoms with Gasteiger partial charge in [-0.15, -0.1) is 16.2 Å². The fourth-order valence-electron chi connectivity index (χ4n) is 4.26. The third-order valence-electron chi connectivity index (χ3n) is 6.22. The normalized spacial score (nSPS) is 11.4. The molecule has 0 radical (unpaired) electrons. The number of nitrogens with two attached hydrogens (primary N) is 2. The van der Waals surface area contributed by atoms with Crippen molar-refractivity contribution >= 4 is 56.7 Å². The number of nitrogens with zero attached hydrogens (tertiary/aromatic N) is 5. The zero-order chi connectivity index (χ0) is 32.7. The zero-order valence-corrected chi connectivity index (χ0v) is 24.9. The zero-order valence-electron chi connectivity index (χ0n) is 24.1. The first-order chi connectivity index (χ1) is 21.5. The van der Waals surface area contributed by atoms with Gasteiger partial charge in [0.15, 0.2) is 0 Å². The first-order valence-corrected chi connectivity index (χ1v) is 14.2. The Morgan fingerprint density at radius 2 is 1.91 bits per heavy atom. The maximum Gasteiger partial charge on any atom is 0.345 e. The van der Waals surface area contributed by atoms with Crippen molar-refractivity contribution in [3.05, 3.63) is 63.2 Å². The lowest BCUT2D eigenvalue weighted by Gasteiger charge is -2.15. The van der Waals surface area contributed by atoms with E-state index >= 15 is 0 Å². The third kappa shape index (κ3) is 7.84. The molecule has 0 bridgehead atoms. The van der Waals surface area contributed by atoms with Crippen molar-refractivity contribution in [1.29, 1.82) is 0 Å². The molecule has 6 N–H and O–H groups in total. The Bertz CT molecular complexity index is 1760. The van der Waals surface area contributed by atoms with E-state index in [1.807, 2.05) is 6.92 Å². The van der Waals surface area contributed by atoms with Gasteiger partial charge < -0.3 is 26.3 Å². The molecule has 3 aromatic heterocycles. The molecule has 3 heterocycles. The second-order valence-corrected chi connectivity index (χ2v) is 10.3. The van der Waals surface area contributed by atoms with E-state index in [-0.39, 0.29) is 48.3 Å². The number of alkyl halides is 2. The van der Waals surface area contributed by atoms with Crippen molar-refractivity contribution in [2.45, 2.75) is 33.5 Å². The number of benzene rings is 1. The number of hydrogen-bond donors (Lipinski definition) is 4. The minimum absolute atomic E-state index is 0.0207. The Labute approximate surface area is 258 Å². The molecule has 45 heavy (non-hydrogen) atoms. The molecule has 0 aliphatic carbocycles. The lowest BCUT2D eigenvalue weighted by atomic mass is 10.1. The number of anilines is 2. The van der Waals surface area contributed by atoms with Crippen LogP contribution in [0.4, 0.5) is 26.1 Å². The van der Waals surface area contributed by atoms with E-state index < -0.39 is 30.9 Å². The van der Waals surface area contributed by atoms with Gasteiger partial charge in [-0.05, 0) is 43.3 Å². The summed E-state index contributed by atoms with van der Waals surface area (Å²) in [5, 5.41) is 13.0. The number of aryl methyl sites for hydroxylation is 2. The number of thiophene rings is 1. The van der Waals surface area contributed by atoms with Crippen LogP contribution in [0.5, 0.6) is 5.75 Å². The predicted octanol–water partition coefficient (Wildman–Crippen LogP) is 3.76. The van der Waals surface area contributed by atoms with E-state index in [1.54, 1.807) is 34.4 Å². The highest BCUT2D eigenvalue weighted by molar-refractivity contribution is 7.20. The van der Waals surface area contributed by atoms with Crippen molar-refractivity contribution in [1.82, 2.24) is 19.3 Å². The Hall–Kier alpha value is -5.23. The molecule has 238 valence electrons. The molecule has 0 spiro atoms. The number of halogens is 2. The number of amides is 3. The van der Waals surface area contributed by atoms with Gasteiger partial charge in [0, 0.05) is 25.2 Å². The number of nitroso groups, excluding NO2 is 1. The number of hydrogen-bond acceptors (Lipinski definition) is 11. The Kier molecular flexibility index (Phi) is 10.5. The smallest absolute Gasteiger partial charge is 0.345 e. The molecule has 0 aliphatic heterocycles. The summed E-state index contributed by atoms with van der Waals surface area (Å²) < 4.78 is 37.5. The van der Waals surface area contributed by atoms with Crippen LogP contribution in [0.15, 0.2) is 41.6 Å². The number of carbonyl (C=O) groups is 3. The Balaban J connectivity index is 1.54. The topological polar surface area (TPSA) is 211 Å². The van der Waals surface area contributed by atoms with Gasteiger partial charge in [0.25, 0.3) is 11.8 Å². The number of nitrogens with one attached hydrogen (secondary N) is 2. The first kappa shape index (κ1) is 32.7. The molecule has 4 aromatic rings. The molecular weight excluding hydrogens is 616 g/mol. The molecule has 18 heteroatoms. The van der Waals surface area contributed by atoms with Crippen molar-refractivity contribution in [2.24, 2.45) is 16.6 Å². The average Bonchev–Trinajstić information content (AvgIpc) is 3.68. The lowest BCUT2D eigenvalue weighted by Crippen LogP contribution is -2.20. The number of carbonyl (C=O) groups excluding carboxylic acids is 3. The highest BCUT2D eigenvalue weighted by Gasteiger charge is 2.20. The molecule has 0 fully saturated rings. The van der Waals surface area contributed by atoms with E-state index in [0.717, 1.165) is 11.3 Å². The van der Waals surface area contributed by atoms with E-state index in [1.165, 1.54) is 18.2 Å². The van der Waals surface area contributed by atoms with Crippen LogP contribution in [-0.2, 0) is 17.8 Å². The summed E-state index contributed by atoms with van der Waals surface area (Å²) in [5.74, 6) is -1.67. The minimum Gasteiger partial charge on any atom is -0.489 e. The van der Waals surface area contributed by atoms with Crippen LogP contribution in [0.3, 0.4) is 0 Å². The number of rotatable bonds is 16. The Morgan fingerprint density at radius 3 is 2.58 bits per heavy atom. The Morgan fingerprint density at radius 1 is 1.13 bits per heavy atom. The third-order valence-corrected chi connectivity index (χ3v) is 7.39. The van der Waals surface area contributed by atoms with Crippen LogP contribution in [0.25, 0.3) is 10.3 Å². The lowest BCUT2D eigenvalue weighted by molar-refractivity contribution is -0.133. The van der Waals surface area contributed by atoms with Crippen molar-refractivity contribution in [3.63, 3.8) is 0 Å². The SMILES string of the molecule is CCn1nc(C)cc1C(=O)Nc1nc2cc(C(N)=O)sc2n1C/C=C/CNc1c(N=O)cc(C(N)=O)cc1OCCOC(F)F. The number of imidazole rings is 1. The van der Waals surface area contributed by atoms with Crippen LogP contribution in [0.2, 0.25) is 0 Å². The van der Waals surface area contributed by atoms with E-state index in [9.17, 15) is 28.1 Å². The summed E-state index contributed by atoms with van der Waals surface area (Å²) in [6, 6.07) is 5.62. The van der Waals surface area contributed by atoms with Crippen LogP contribution < -0.4 is 26.8 Å². The predicted molar refractivity (Wildman–Crippen MR) is 162 cm³/mol. The van der Waals surface area contributed by atoms with Gasteiger partial charge in [-0.25, -0.2) is 4.98 Å². The van der Waals surface area contributed by atoms with Crippen LogP contribution in [-0.4, -0.2) is 63.4 Å². The van der Waals surface area contributed by atoms with Gasteiger partial charge in [-0.2, -0.15) is 13.9 Å². The van der Waals surface area contributed by atoms with Gasteiger partial charge in [-0.3, -0.25) is 28.9 Å². The quantitative estimate of drug-likeness (QED) is 0.0793. The molecule has 3 amide bonds. The monoisotopic (exact) mass is 645 g/mol. The number of fused-ring (bicyclic) bond motifs is 1. The molecular formula is C27H29F2N9O6S. The first-order valence-electron chi connectivity index (χ1n) is 13.4. The molecule has 0 atom stereocenters. The fourth-order valence-corrected chi connectivity index (χ4v) is 5.22. The molecule has 1 aromatic carbocycles. The number of aromatic nitrogens is 4. The van der Waals surface area contributed by atoms with Gasteiger partial charge in [-0.1, -0.05) is 12.2 Å². The fraction of sp³-hybridized carbons (Fsp3) is 0.296. The summed E-state index contributed by atoms with van der Waals surface area (Å²) in [4.78, 5) is 53.5. The number of primary amides is 2. The molecule has 0 saturated carbocycles. The van der Waals surface area contributed by atoms with Crippen LogP contribution >= 0.6 is 11.3 Å². The second-order valence-electron chi connectivity index (χ2n) is 9.31. The summed E-state index contributed by atoms with van der Waals surface area (Å²) in [5.41, 5.74) is 12.1. The summed E-state index contributed by atoms with van der Waals surface area (Å²) >= 11 is 1.12. The largest absolute Gasteiger partial charge is 0.489 e. The van der Waals surface area contributed by atoms with Gasteiger partial charge in [0.1, 0.15) is 39.8 Å². The van der Waals surface area contributed by atoms with Crippen molar-refractivity contribution in [3.8, 4) is 5.75 Å². The standard InChI is InChI=1S/C27H29F2N9O6S/c1-3-38-18(10-14(2)35-38)24(41)34-27-33-17-13-20(23(31)40)45-25(17)37(27)7-5-4-6-32-21-16(36-42)11-15(22(30)39)12-19(21)43-8-9-44-26(28)29/h4-5,10-13,26,32H,3,6-9H2,1-2H3,(H2,30,39)(H2,31,40)(H,33,34,41)/b5-4+. The number of allylic oxidation sites excluding steroid dienone is 1. The summed E-state index contributed by atoms with van der Waals surface area (Å²) in [7, 11) is 0. The van der Waals surface area contributed by atoms with E-state index in [2.05, 4.69) is 30.6 Å². The van der Waals surface area contributed by atoms with Gasteiger partial charge >= 0.3 is 6.61 Å². The minimum atomic E-state index is -2.99. The van der Waals surface area contributed by atoms with Gasteiger partial charge in [0.05, 0.1) is 17.2 Å². The highest BCUT2D eigenvalue weighted by atomic mass is 32.1. The maximum absolute atomic E-state index is 13.1. The molecule has 0 unspecified atom stereocenters. The second kappa shape index (κ2) is 14.5. The van der Waals surface area contributed by atoms with Crippen molar-refractivity contribution in [2.75, 3.05) is 30.4 Å². The van der Waals surface area contributed by atoms with Crippen LogP contribution in [0, 0.1) is 11.8 Å². The van der Waals surface area contributed by atoms with E-state index in [0.29, 0.717) is 33.2 Å². The summed E-state index contributed by atoms with van der Waals surface area (Å²) in [6.07, 6.45) is 3.42. The average molecular weight is 646 g/mol. The van der Waals surface area contributed by atoms with Gasteiger partial charge in [0.2, 0.25) is 11.9 Å². The number of ether oxygens (including phenoxy) is 2. The molecule has 0 aliphatic rings. The molecule has 15 nitrogen and oxygen atoms in total. The summed E-state index contributed by atoms with van der Waals surface area (Å²) in [6.45, 7) is 0.684. The highest BCUT2D eigenvalue weighted by Crippen LogP contribution is 2.36. The molecule has 4 rings (SSSR count). The van der Waals surface area contributed by atoms with Crippen LogP contribution in [0.1, 0.15) is 43.1 Å². The van der Waals surface area contributed by atoms with E-state index in [4.69, 9.17) is 16.2 Å². The molecule has 0 saturated heterocycles.